The fraction of sp³-hybridized carbons (Fsp3) is 0.450. The van der Waals surface area contributed by atoms with E-state index in [-0.39, 0.29) is 5.41 Å². The first-order chi connectivity index (χ1) is 12.9. The summed E-state index contributed by atoms with van der Waals surface area (Å²) in [5.41, 5.74) is 7.04. The lowest BCUT2D eigenvalue weighted by atomic mass is 9.93. The number of fused-ring (bicyclic) bond motifs is 1. The summed E-state index contributed by atoms with van der Waals surface area (Å²) in [5, 5.41) is 4.11. The van der Waals surface area contributed by atoms with Gasteiger partial charge in [0.05, 0.1) is 11.0 Å². The number of carbonyl (C=O) groups is 1. The summed E-state index contributed by atoms with van der Waals surface area (Å²) < 4.78 is 12.9. The monoisotopic (exact) mass is 385 g/mol. The second-order valence-corrected chi connectivity index (χ2v) is 8.83. The molecule has 0 radical (unpaired) electrons. The normalized spacial score (nSPS) is 12.4. The van der Waals surface area contributed by atoms with Gasteiger partial charge in [0.1, 0.15) is 11.4 Å². The average molecular weight is 385 g/mol. The van der Waals surface area contributed by atoms with Gasteiger partial charge in [-0.2, -0.15) is 4.90 Å². The van der Waals surface area contributed by atoms with Crippen LogP contribution in [0.15, 0.2) is 28.8 Å². The minimum Gasteiger partial charge on any atom is -0.443 e. The van der Waals surface area contributed by atoms with E-state index in [1.54, 1.807) is 22.8 Å². The molecule has 0 unspecified atom stereocenters. The Kier molecular flexibility index (Phi) is 4.61. The topological polar surface area (TPSA) is 99.4 Å². The zero-order valence-corrected chi connectivity index (χ0v) is 17.4. The van der Waals surface area contributed by atoms with Crippen LogP contribution >= 0.6 is 0 Å². The maximum Gasteiger partial charge on any atom is 0.423 e. The van der Waals surface area contributed by atoms with Crippen LogP contribution < -0.4 is 10.6 Å². The van der Waals surface area contributed by atoms with Crippen molar-refractivity contribution in [2.75, 3.05) is 10.6 Å². The Hall–Kier alpha value is -3.03. The summed E-state index contributed by atoms with van der Waals surface area (Å²) in [6, 6.07) is 7.14. The zero-order chi connectivity index (χ0) is 20.9. The first-order valence-corrected chi connectivity index (χ1v) is 9.09. The lowest BCUT2D eigenvalue weighted by Gasteiger charge is -2.25. The number of amides is 1. The second kappa shape index (κ2) is 6.54. The van der Waals surface area contributed by atoms with Gasteiger partial charge in [-0.3, -0.25) is 0 Å². The molecule has 150 valence electrons. The van der Waals surface area contributed by atoms with Crippen molar-refractivity contribution < 1.29 is 14.1 Å². The molecule has 0 saturated carbocycles. The Morgan fingerprint density at radius 1 is 1.18 bits per heavy atom. The maximum atomic E-state index is 13.1. The van der Waals surface area contributed by atoms with E-state index in [1.807, 2.05) is 54.7 Å². The first kappa shape index (κ1) is 19.7. The molecule has 2 N–H and O–H groups in total. The third kappa shape index (κ3) is 3.81. The van der Waals surface area contributed by atoms with E-state index < -0.39 is 11.7 Å². The predicted molar refractivity (Wildman–Crippen MR) is 109 cm³/mol. The van der Waals surface area contributed by atoms with Gasteiger partial charge in [-0.05, 0) is 39.0 Å². The van der Waals surface area contributed by atoms with E-state index >= 15 is 0 Å². The molecule has 0 saturated heterocycles. The minimum absolute atomic E-state index is 0.258. The molecule has 8 heteroatoms. The van der Waals surface area contributed by atoms with Crippen LogP contribution in [0.5, 0.6) is 0 Å². The molecule has 0 aliphatic carbocycles. The highest BCUT2D eigenvalue weighted by molar-refractivity contribution is 5.95. The molecule has 2 heterocycles. The van der Waals surface area contributed by atoms with Crippen LogP contribution in [-0.2, 0) is 17.2 Å². The molecule has 0 fully saturated rings. The van der Waals surface area contributed by atoms with Gasteiger partial charge in [0, 0.05) is 24.2 Å². The summed E-state index contributed by atoms with van der Waals surface area (Å²) in [6.45, 7) is 11.4. The van der Waals surface area contributed by atoms with Crippen LogP contribution in [0.25, 0.3) is 11.0 Å². The summed E-state index contributed by atoms with van der Waals surface area (Å²) in [6.07, 6.45) is -0.590. The lowest BCUT2D eigenvalue weighted by molar-refractivity contribution is 0.0594. The number of nitrogens with zero attached hydrogens (tertiary/aromatic N) is 4. The maximum absolute atomic E-state index is 13.1. The van der Waals surface area contributed by atoms with Crippen molar-refractivity contribution in [3.8, 4) is 0 Å². The number of nitrogens with two attached hydrogens (primary N) is 1. The number of anilines is 3. The van der Waals surface area contributed by atoms with Gasteiger partial charge in [0.25, 0.3) is 0 Å². The van der Waals surface area contributed by atoms with Gasteiger partial charge in [-0.25, -0.2) is 9.78 Å². The van der Waals surface area contributed by atoms with E-state index in [1.165, 1.54) is 4.90 Å². The molecule has 0 spiro atoms. The first-order valence-electron chi connectivity index (χ1n) is 9.09. The van der Waals surface area contributed by atoms with Crippen LogP contribution in [0.3, 0.4) is 0 Å². The third-order valence-corrected chi connectivity index (χ3v) is 4.12. The fourth-order valence-corrected chi connectivity index (χ4v) is 2.71. The summed E-state index contributed by atoms with van der Waals surface area (Å²) in [4.78, 5) is 19.0. The fourth-order valence-electron chi connectivity index (χ4n) is 2.71. The molecule has 2 aromatic heterocycles. The van der Waals surface area contributed by atoms with Gasteiger partial charge in [-0.15, -0.1) is 0 Å². The number of aryl methyl sites for hydroxylation is 1. The summed E-state index contributed by atoms with van der Waals surface area (Å²) in [5.74, 6) is 1.33. The highest BCUT2D eigenvalue weighted by Crippen LogP contribution is 2.32. The van der Waals surface area contributed by atoms with Crippen LogP contribution in [0.4, 0.5) is 22.2 Å². The van der Waals surface area contributed by atoms with Crippen molar-refractivity contribution in [2.45, 2.75) is 52.6 Å². The molecule has 0 aliphatic heterocycles. The van der Waals surface area contributed by atoms with Crippen LogP contribution in [-0.4, -0.2) is 26.4 Å². The van der Waals surface area contributed by atoms with Gasteiger partial charge in [0.15, 0.2) is 5.82 Å². The van der Waals surface area contributed by atoms with E-state index in [2.05, 4.69) is 10.1 Å². The second-order valence-electron chi connectivity index (χ2n) is 8.83. The molecule has 28 heavy (non-hydrogen) atoms. The summed E-state index contributed by atoms with van der Waals surface area (Å²) >= 11 is 0. The number of hydrogen-bond donors (Lipinski definition) is 1. The predicted octanol–water partition coefficient (Wildman–Crippen LogP) is 4.51. The Labute approximate surface area is 164 Å². The molecule has 1 amide bonds. The molecular weight excluding hydrogens is 358 g/mol. The van der Waals surface area contributed by atoms with Crippen molar-refractivity contribution in [2.24, 2.45) is 7.05 Å². The van der Waals surface area contributed by atoms with Gasteiger partial charge >= 0.3 is 6.09 Å². The van der Waals surface area contributed by atoms with Crippen molar-refractivity contribution in [3.05, 3.63) is 30.0 Å². The number of imidazole rings is 1. The van der Waals surface area contributed by atoms with Crippen LogP contribution in [0.2, 0.25) is 0 Å². The molecule has 0 aliphatic rings. The highest BCUT2D eigenvalue weighted by Gasteiger charge is 2.32. The number of rotatable bonds is 2. The molecule has 8 nitrogen and oxygen atoms in total. The Morgan fingerprint density at radius 3 is 2.43 bits per heavy atom. The summed E-state index contributed by atoms with van der Waals surface area (Å²) in [7, 11) is 1.82. The number of ether oxygens (including phenoxy) is 1. The smallest absolute Gasteiger partial charge is 0.423 e. The number of benzene rings is 1. The lowest BCUT2D eigenvalue weighted by Crippen LogP contribution is -2.35. The van der Waals surface area contributed by atoms with Crippen molar-refractivity contribution in [1.82, 2.24) is 14.7 Å². The number of aromatic nitrogens is 3. The largest absolute Gasteiger partial charge is 0.443 e. The Bertz CT molecular complexity index is 1020. The SMILES string of the molecule is Cn1c(N(C(=O)OC(C)(C)C)c2cc(C(C)(C)C)on2)nc2cc(N)ccc21. The molecule has 1 aromatic carbocycles. The highest BCUT2D eigenvalue weighted by atomic mass is 16.6. The Morgan fingerprint density at radius 2 is 1.86 bits per heavy atom. The molecule has 3 aromatic rings. The average Bonchev–Trinajstić information content (AvgIpc) is 3.12. The van der Waals surface area contributed by atoms with Gasteiger partial charge < -0.3 is 19.6 Å². The quantitative estimate of drug-likeness (QED) is 0.651. The number of nitrogen functional groups attached to an aromatic ring is 1. The van der Waals surface area contributed by atoms with E-state index in [9.17, 15) is 4.79 Å². The van der Waals surface area contributed by atoms with Crippen molar-refractivity contribution in [3.63, 3.8) is 0 Å². The minimum atomic E-state index is -0.680. The molecule has 3 rings (SSSR count). The zero-order valence-electron chi connectivity index (χ0n) is 17.4. The van der Waals surface area contributed by atoms with E-state index in [4.69, 9.17) is 15.0 Å². The number of carbonyl (C=O) groups excluding carboxylic acids is 1. The standard InChI is InChI=1S/C20H27N5O3/c1-19(2,3)15-11-16(23-28-15)25(18(26)27-20(4,5)6)17-22-13-10-12(21)8-9-14(13)24(17)7/h8-11H,21H2,1-7H3. The third-order valence-electron chi connectivity index (χ3n) is 4.12. The van der Waals surface area contributed by atoms with Crippen LogP contribution in [0.1, 0.15) is 47.3 Å². The van der Waals surface area contributed by atoms with E-state index in [0.29, 0.717) is 28.7 Å². The molecule has 0 atom stereocenters. The number of hydrogen-bond acceptors (Lipinski definition) is 6. The van der Waals surface area contributed by atoms with E-state index in [0.717, 1.165) is 5.52 Å². The molecular formula is C20H27N5O3. The van der Waals surface area contributed by atoms with Crippen LogP contribution in [0, 0.1) is 0 Å². The van der Waals surface area contributed by atoms with Crippen molar-refractivity contribution >= 4 is 34.6 Å². The molecule has 0 bridgehead atoms. The van der Waals surface area contributed by atoms with Gasteiger partial charge in [0.2, 0.25) is 5.95 Å². The van der Waals surface area contributed by atoms with Crippen molar-refractivity contribution in [1.29, 1.82) is 0 Å². The Balaban J connectivity index is 2.15. The van der Waals surface area contributed by atoms with Gasteiger partial charge in [-0.1, -0.05) is 25.9 Å².